The molecule has 5 aliphatic heterocycles. The lowest BCUT2D eigenvalue weighted by atomic mass is 9.70. The monoisotopic (exact) mass is 494 g/mol. The number of nitrogens with one attached hydrogen (secondary N) is 1. The molecule has 180 valence electrons. The van der Waals surface area contributed by atoms with Gasteiger partial charge in [0.15, 0.2) is 0 Å². The van der Waals surface area contributed by atoms with Gasteiger partial charge in [-0.25, -0.2) is 0 Å². The third-order valence-corrected chi connectivity index (χ3v) is 9.26. The average molecular weight is 495 g/mol. The molecule has 6 aliphatic rings. The van der Waals surface area contributed by atoms with Crippen LogP contribution in [-0.2, 0) is 14.3 Å². The molecule has 1 saturated carbocycles. The van der Waals surface area contributed by atoms with Crippen molar-refractivity contribution in [3.63, 3.8) is 0 Å². The smallest absolute Gasteiger partial charge is 0.264 e. The first kappa shape index (κ1) is 22.1. The summed E-state index contributed by atoms with van der Waals surface area (Å²) in [6, 6.07) is 4.53. The van der Waals surface area contributed by atoms with Crippen LogP contribution >= 0.6 is 11.6 Å². The highest BCUT2D eigenvalue weighted by atomic mass is 35.5. The van der Waals surface area contributed by atoms with Crippen LogP contribution in [0.5, 0.6) is 5.75 Å². The molecule has 5 heterocycles. The first-order valence-corrected chi connectivity index (χ1v) is 14.4. The Balaban J connectivity index is 1.15. The molecule has 1 N–H and O–H groups in total. The van der Waals surface area contributed by atoms with Crippen molar-refractivity contribution < 1.29 is 22.1 Å². The van der Waals surface area contributed by atoms with Crippen LogP contribution in [0.1, 0.15) is 73.2 Å². The Morgan fingerprint density at radius 3 is 2.58 bits per heavy atom. The summed E-state index contributed by atoms with van der Waals surface area (Å²) in [6.07, 6.45) is 9.12. The van der Waals surface area contributed by atoms with Gasteiger partial charge in [-0.3, -0.25) is 13.9 Å². The van der Waals surface area contributed by atoms with Crippen LogP contribution in [0.4, 0.5) is 0 Å². The van der Waals surface area contributed by atoms with E-state index >= 15 is 0 Å². The molecule has 4 bridgehead atoms. The zero-order valence-electron chi connectivity index (χ0n) is 18.8. The van der Waals surface area contributed by atoms with Gasteiger partial charge in [0.2, 0.25) is 0 Å². The standard InChI is InChI=1S/C24H31ClN2O5S/c1-33(29,30)32-22-12-27-16-6-13(22)7-17(27)11-15(10-16)26-24(28)20-9-14(25)8-19-18-4-2-3-5-21(18)31-23(19)20/h8-9,13,15-18,21-22H,2-7,10-12H2,1H3,(H,26,28)/t13?,15?,16?,17?,18-,21+,22?/m0/s1. The van der Waals surface area contributed by atoms with Crippen LogP contribution < -0.4 is 10.1 Å². The maximum absolute atomic E-state index is 13.4. The molecule has 3 unspecified atom stereocenters. The number of benzene rings is 1. The first-order valence-electron chi connectivity index (χ1n) is 12.2. The van der Waals surface area contributed by atoms with Crippen LogP contribution in [0.25, 0.3) is 0 Å². The Kier molecular flexibility index (Phi) is 5.44. The third-order valence-electron chi connectivity index (χ3n) is 8.45. The van der Waals surface area contributed by atoms with Crippen LogP contribution in [0.2, 0.25) is 5.02 Å². The molecule has 7 rings (SSSR count). The molecule has 1 aromatic rings. The second-order valence-corrected chi connectivity index (χ2v) is 12.7. The molecular weight excluding hydrogens is 464 g/mol. The molecule has 5 atom stereocenters. The quantitative estimate of drug-likeness (QED) is 0.645. The van der Waals surface area contributed by atoms with Gasteiger partial charge in [0.05, 0.1) is 17.9 Å². The first-order chi connectivity index (χ1) is 15.7. The Labute approximate surface area is 200 Å². The van der Waals surface area contributed by atoms with Gasteiger partial charge in [-0.15, -0.1) is 0 Å². The summed E-state index contributed by atoms with van der Waals surface area (Å²) in [5.74, 6) is 1.24. The van der Waals surface area contributed by atoms with Crippen molar-refractivity contribution in [1.29, 1.82) is 0 Å². The molecule has 1 aromatic carbocycles. The lowest BCUT2D eigenvalue weighted by Gasteiger charge is -2.57. The van der Waals surface area contributed by atoms with E-state index in [1.165, 1.54) is 12.8 Å². The normalized spacial score (nSPS) is 38.8. The van der Waals surface area contributed by atoms with Crippen molar-refractivity contribution in [3.05, 3.63) is 28.3 Å². The molecule has 1 amide bonds. The number of rotatable bonds is 4. The van der Waals surface area contributed by atoms with E-state index in [1.54, 1.807) is 6.07 Å². The number of carbonyl (C=O) groups is 1. The molecule has 5 fully saturated rings. The van der Waals surface area contributed by atoms with Gasteiger partial charge in [0.1, 0.15) is 11.9 Å². The van der Waals surface area contributed by atoms with Gasteiger partial charge < -0.3 is 10.1 Å². The SMILES string of the molecule is CS(=O)(=O)OC1CN2C3CC(NC(=O)c4cc(Cl)cc5c4O[C@@H]4CCCC[C@@H]54)CC2CC1C3. The fraction of sp³-hybridized carbons (Fsp3) is 0.708. The van der Waals surface area contributed by atoms with Gasteiger partial charge in [-0.05, 0) is 63.0 Å². The average Bonchev–Trinajstić information content (AvgIpc) is 3.10. The summed E-state index contributed by atoms with van der Waals surface area (Å²) in [7, 11) is -3.45. The second-order valence-electron chi connectivity index (χ2n) is 10.6. The Bertz CT molecular complexity index is 1060. The summed E-state index contributed by atoms with van der Waals surface area (Å²) in [4.78, 5) is 15.8. The second kappa shape index (κ2) is 8.11. The number of hydrogen-bond donors (Lipinski definition) is 1. The van der Waals surface area contributed by atoms with Crippen LogP contribution in [0.15, 0.2) is 12.1 Å². The molecule has 0 radical (unpaired) electrons. The maximum Gasteiger partial charge on any atom is 0.264 e. The molecule has 33 heavy (non-hydrogen) atoms. The lowest BCUT2D eigenvalue weighted by Crippen LogP contribution is -2.66. The van der Waals surface area contributed by atoms with Gasteiger partial charge in [0, 0.05) is 41.2 Å². The molecule has 0 aromatic heterocycles. The zero-order valence-corrected chi connectivity index (χ0v) is 20.4. The van der Waals surface area contributed by atoms with Crippen molar-refractivity contribution in [1.82, 2.24) is 10.2 Å². The molecule has 1 aliphatic carbocycles. The molecular formula is C24H31ClN2O5S. The molecule has 9 heteroatoms. The Morgan fingerprint density at radius 2 is 1.88 bits per heavy atom. The van der Waals surface area contributed by atoms with Gasteiger partial charge in [-0.2, -0.15) is 8.42 Å². The van der Waals surface area contributed by atoms with E-state index in [0.717, 1.165) is 56.1 Å². The fourth-order valence-corrected chi connectivity index (χ4v) is 8.08. The predicted octanol–water partition coefficient (Wildman–Crippen LogP) is 3.46. The van der Waals surface area contributed by atoms with Crippen molar-refractivity contribution in [2.24, 2.45) is 5.92 Å². The van der Waals surface area contributed by atoms with E-state index in [2.05, 4.69) is 10.2 Å². The van der Waals surface area contributed by atoms with Crippen LogP contribution in [-0.4, -0.2) is 62.4 Å². The number of ether oxygens (including phenoxy) is 1. The molecule has 0 spiro atoms. The number of hydrogen-bond acceptors (Lipinski definition) is 6. The van der Waals surface area contributed by atoms with Crippen LogP contribution in [0, 0.1) is 5.92 Å². The van der Waals surface area contributed by atoms with Gasteiger partial charge >= 0.3 is 0 Å². The number of nitrogens with zero attached hydrogens (tertiary/aromatic N) is 1. The minimum atomic E-state index is -3.45. The Morgan fingerprint density at radius 1 is 1.15 bits per heavy atom. The van der Waals surface area contributed by atoms with E-state index in [-0.39, 0.29) is 30.1 Å². The predicted molar refractivity (Wildman–Crippen MR) is 124 cm³/mol. The van der Waals surface area contributed by atoms with E-state index in [1.807, 2.05) is 6.07 Å². The highest BCUT2D eigenvalue weighted by molar-refractivity contribution is 7.86. The summed E-state index contributed by atoms with van der Waals surface area (Å²) in [5, 5.41) is 3.87. The number of halogens is 1. The summed E-state index contributed by atoms with van der Waals surface area (Å²) >= 11 is 6.43. The van der Waals surface area contributed by atoms with Crippen LogP contribution in [0.3, 0.4) is 0 Å². The maximum atomic E-state index is 13.4. The third kappa shape index (κ3) is 4.07. The van der Waals surface area contributed by atoms with E-state index < -0.39 is 10.1 Å². The summed E-state index contributed by atoms with van der Waals surface area (Å²) in [6.45, 7) is 0.659. The number of fused-ring (bicyclic) bond motifs is 4. The number of carbonyl (C=O) groups excluding carboxylic acids is 1. The summed E-state index contributed by atoms with van der Waals surface area (Å²) < 4.78 is 34.9. The highest BCUT2D eigenvalue weighted by Gasteiger charge is 2.50. The fourth-order valence-electron chi connectivity index (χ4n) is 7.19. The van der Waals surface area contributed by atoms with Crippen molar-refractivity contribution in [3.8, 4) is 5.75 Å². The van der Waals surface area contributed by atoms with Crippen molar-refractivity contribution in [2.45, 2.75) is 87.6 Å². The van der Waals surface area contributed by atoms with Gasteiger partial charge in [-0.1, -0.05) is 18.0 Å². The number of piperidine rings is 4. The zero-order chi connectivity index (χ0) is 22.9. The van der Waals surface area contributed by atoms with Gasteiger partial charge in [0.25, 0.3) is 16.0 Å². The molecule has 7 nitrogen and oxygen atoms in total. The minimum absolute atomic E-state index is 0.0930. The largest absolute Gasteiger partial charge is 0.489 e. The van der Waals surface area contributed by atoms with Crippen molar-refractivity contribution in [2.75, 3.05) is 12.8 Å². The topological polar surface area (TPSA) is 84.9 Å². The summed E-state index contributed by atoms with van der Waals surface area (Å²) in [5.41, 5.74) is 1.66. The molecule has 4 saturated heterocycles. The highest BCUT2D eigenvalue weighted by Crippen LogP contribution is 2.48. The number of amides is 1. The van der Waals surface area contributed by atoms with Crippen molar-refractivity contribution >= 4 is 27.6 Å². The Hall–Kier alpha value is -1.35. The van der Waals surface area contributed by atoms with E-state index in [0.29, 0.717) is 35.1 Å². The lowest BCUT2D eigenvalue weighted by molar-refractivity contribution is -0.0993. The minimum Gasteiger partial charge on any atom is -0.489 e. The van der Waals surface area contributed by atoms with E-state index in [9.17, 15) is 13.2 Å². The van der Waals surface area contributed by atoms with E-state index in [4.69, 9.17) is 20.5 Å².